The largest absolute Gasteiger partial charge is 0.463 e. The lowest BCUT2D eigenvalue weighted by molar-refractivity contribution is -0.137. The molecule has 1 unspecified atom stereocenters. The summed E-state index contributed by atoms with van der Waals surface area (Å²) in [7, 11) is 1.78. The maximum atomic E-state index is 11.4. The number of hydrogen-bond donors (Lipinski definition) is 0. The molecule has 19 heavy (non-hydrogen) atoms. The van der Waals surface area contributed by atoms with Gasteiger partial charge in [0.15, 0.2) is 0 Å². The molecule has 1 aliphatic rings. The number of hydrogen-bond acceptors (Lipinski definition) is 3. The fourth-order valence-electron chi connectivity index (χ4n) is 3.11. The van der Waals surface area contributed by atoms with Gasteiger partial charge in [0, 0.05) is 18.6 Å². The molecular formula is C16H28O3. The molecule has 3 nitrogen and oxygen atoms in total. The number of rotatable bonds is 6. The Hall–Kier alpha value is -0.830. The SMILES string of the molecule is CCOC(=O)/C=C/C(C)(C)C(OC)C1CCCCC1. The van der Waals surface area contributed by atoms with E-state index < -0.39 is 0 Å². The summed E-state index contributed by atoms with van der Waals surface area (Å²) >= 11 is 0. The number of carbonyl (C=O) groups is 1. The van der Waals surface area contributed by atoms with Crippen molar-refractivity contribution in [2.24, 2.45) is 11.3 Å². The number of ether oxygens (including phenoxy) is 2. The first kappa shape index (κ1) is 16.2. The molecule has 1 atom stereocenters. The van der Waals surface area contributed by atoms with Crippen molar-refractivity contribution in [1.82, 2.24) is 0 Å². The molecule has 0 N–H and O–H groups in total. The smallest absolute Gasteiger partial charge is 0.330 e. The second-order valence-corrected chi connectivity index (χ2v) is 5.96. The van der Waals surface area contributed by atoms with E-state index >= 15 is 0 Å². The lowest BCUT2D eigenvalue weighted by atomic mass is 9.73. The molecule has 1 rings (SSSR count). The summed E-state index contributed by atoms with van der Waals surface area (Å²) in [6.07, 6.45) is 10.0. The van der Waals surface area contributed by atoms with Gasteiger partial charge in [0.1, 0.15) is 0 Å². The molecular weight excluding hydrogens is 240 g/mol. The van der Waals surface area contributed by atoms with E-state index in [1.54, 1.807) is 13.2 Å². The number of methoxy groups -OCH3 is 1. The molecule has 0 radical (unpaired) electrons. The van der Waals surface area contributed by atoms with Crippen molar-refractivity contribution in [3.63, 3.8) is 0 Å². The van der Waals surface area contributed by atoms with E-state index in [1.807, 2.05) is 13.0 Å². The lowest BCUT2D eigenvalue weighted by Crippen LogP contribution is -2.37. The second kappa shape index (κ2) is 7.68. The Kier molecular flexibility index (Phi) is 6.56. The normalized spacial score (nSPS) is 19.6. The van der Waals surface area contributed by atoms with Gasteiger partial charge in [-0.25, -0.2) is 4.79 Å². The molecule has 3 heteroatoms. The predicted molar refractivity (Wildman–Crippen MR) is 76.9 cm³/mol. The van der Waals surface area contributed by atoms with E-state index in [0.717, 1.165) is 0 Å². The van der Waals surface area contributed by atoms with E-state index in [2.05, 4.69) is 13.8 Å². The molecule has 0 bridgehead atoms. The van der Waals surface area contributed by atoms with Crippen LogP contribution in [0.3, 0.4) is 0 Å². The zero-order valence-corrected chi connectivity index (χ0v) is 12.8. The molecule has 0 aromatic heterocycles. The third-order valence-electron chi connectivity index (χ3n) is 4.00. The first-order valence-electron chi connectivity index (χ1n) is 7.40. The summed E-state index contributed by atoms with van der Waals surface area (Å²) in [5.74, 6) is 0.328. The Bertz CT molecular complexity index is 301. The highest BCUT2D eigenvalue weighted by molar-refractivity contribution is 5.82. The van der Waals surface area contributed by atoms with E-state index in [1.165, 1.54) is 32.1 Å². The zero-order valence-electron chi connectivity index (χ0n) is 12.8. The van der Waals surface area contributed by atoms with Gasteiger partial charge in [0.2, 0.25) is 0 Å². The van der Waals surface area contributed by atoms with Crippen LogP contribution in [0.4, 0.5) is 0 Å². The highest BCUT2D eigenvalue weighted by Gasteiger charge is 2.34. The standard InChI is InChI=1S/C16H28O3/c1-5-19-14(17)11-12-16(2,3)15(18-4)13-9-7-6-8-10-13/h11-13,15H,5-10H2,1-4H3/b12-11+. The quantitative estimate of drug-likeness (QED) is 0.544. The minimum Gasteiger partial charge on any atom is -0.463 e. The van der Waals surface area contributed by atoms with Gasteiger partial charge in [0.25, 0.3) is 0 Å². The van der Waals surface area contributed by atoms with E-state index in [4.69, 9.17) is 9.47 Å². The minimum atomic E-state index is -0.269. The highest BCUT2D eigenvalue weighted by atomic mass is 16.5. The average Bonchev–Trinajstić information content (AvgIpc) is 2.39. The van der Waals surface area contributed by atoms with Gasteiger partial charge < -0.3 is 9.47 Å². The third kappa shape index (κ3) is 4.98. The fourth-order valence-corrected chi connectivity index (χ4v) is 3.11. The molecule has 110 valence electrons. The third-order valence-corrected chi connectivity index (χ3v) is 4.00. The maximum Gasteiger partial charge on any atom is 0.330 e. The molecule has 1 aliphatic carbocycles. The highest BCUT2D eigenvalue weighted by Crippen LogP contribution is 2.37. The molecule has 1 fully saturated rings. The lowest BCUT2D eigenvalue weighted by Gasteiger charge is -2.38. The van der Waals surface area contributed by atoms with Crippen LogP contribution in [0.1, 0.15) is 52.9 Å². The average molecular weight is 268 g/mol. The van der Waals surface area contributed by atoms with Crippen LogP contribution in [0.25, 0.3) is 0 Å². The van der Waals surface area contributed by atoms with Crippen LogP contribution < -0.4 is 0 Å². The number of carbonyl (C=O) groups excluding carboxylic acids is 1. The molecule has 1 saturated carbocycles. The minimum absolute atomic E-state index is 0.149. The summed E-state index contributed by atoms with van der Waals surface area (Å²) < 4.78 is 10.7. The molecule has 0 saturated heterocycles. The van der Waals surface area contributed by atoms with Gasteiger partial charge in [-0.15, -0.1) is 0 Å². The van der Waals surface area contributed by atoms with Crippen molar-refractivity contribution in [2.75, 3.05) is 13.7 Å². The van der Waals surface area contributed by atoms with Gasteiger partial charge in [-0.1, -0.05) is 39.2 Å². The first-order valence-corrected chi connectivity index (χ1v) is 7.40. The van der Waals surface area contributed by atoms with Crippen molar-refractivity contribution < 1.29 is 14.3 Å². The van der Waals surface area contributed by atoms with Gasteiger partial charge >= 0.3 is 5.97 Å². The molecule has 0 aliphatic heterocycles. The summed E-state index contributed by atoms with van der Waals surface area (Å²) in [5.41, 5.74) is -0.149. The van der Waals surface area contributed by atoms with Crippen LogP contribution in [0, 0.1) is 11.3 Å². The van der Waals surface area contributed by atoms with Crippen LogP contribution in [0.5, 0.6) is 0 Å². The summed E-state index contributed by atoms with van der Waals surface area (Å²) in [4.78, 5) is 11.4. The summed E-state index contributed by atoms with van der Waals surface area (Å²) in [6.45, 7) is 6.49. The van der Waals surface area contributed by atoms with Gasteiger partial charge in [-0.3, -0.25) is 0 Å². The second-order valence-electron chi connectivity index (χ2n) is 5.96. The van der Waals surface area contributed by atoms with Crippen LogP contribution >= 0.6 is 0 Å². The van der Waals surface area contributed by atoms with Crippen LogP contribution in [-0.4, -0.2) is 25.8 Å². The summed E-state index contributed by atoms with van der Waals surface area (Å²) in [6, 6.07) is 0. The van der Waals surface area contributed by atoms with E-state index in [0.29, 0.717) is 12.5 Å². The Balaban J connectivity index is 2.68. The van der Waals surface area contributed by atoms with Crippen molar-refractivity contribution >= 4 is 5.97 Å². The molecule has 0 spiro atoms. The van der Waals surface area contributed by atoms with Gasteiger partial charge in [-0.05, 0) is 25.7 Å². The Morgan fingerprint density at radius 2 is 1.95 bits per heavy atom. The molecule has 0 aromatic rings. The van der Waals surface area contributed by atoms with Crippen LogP contribution in [0.15, 0.2) is 12.2 Å². The van der Waals surface area contributed by atoms with Crippen molar-refractivity contribution in [3.05, 3.63) is 12.2 Å². The Morgan fingerprint density at radius 3 is 2.47 bits per heavy atom. The Labute approximate surface area is 117 Å². The van der Waals surface area contributed by atoms with Crippen molar-refractivity contribution in [2.45, 2.75) is 59.0 Å². The van der Waals surface area contributed by atoms with Crippen LogP contribution in [-0.2, 0) is 14.3 Å². The molecule has 0 aromatic carbocycles. The number of esters is 1. The van der Waals surface area contributed by atoms with E-state index in [9.17, 15) is 4.79 Å². The van der Waals surface area contributed by atoms with Crippen molar-refractivity contribution in [3.8, 4) is 0 Å². The van der Waals surface area contributed by atoms with Crippen molar-refractivity contribution in [1.29, 1.82) is 0 Å². The van der Waals surface area contributed by atoms with Gasteiger partial charge in [0.05, 0.1) is 12.7 Å². The fraction of sp³-hybridized carbons (Fsp3) is 0.812. The van der Waals surface area contributed by atoms with Gasteiger partial charge in [-0.2, -0.15) is 0 Å². The zero-order chi connectivity index (χ0) is 14.3. The molecule has 0 amide bonds. The molecule has 0 heterocycles. The van der Waals surface area contributed by atoms with Crippen LogP contribution in [0.2, 0.25) is 0 Å². The Morgan fingerprint density at radius 1 is 1.32 bits per heavy atom. The topological polar surface area (TPSA) is 35.5 Å². The first-order chi connectivity index (χ1) is 9.01. The summed E-state index contributed by atoms with van der Waals surface area (Å²) in [5, 5.41) is 0. The monoisotopic (exact) mass is 268 g/mol. The predicted octanol–water partition coefficient (Wildman–Crippen LogP) is 3.73. The van der Waals surface area contributed by atoms with E-state index in [-0.39, 0.29) is 17.5 Å². The maximum absolute atomic E-state index is 11.4.